The van der Waals surface area contributed by atoms with Crippen LogP contribution in [0.4, 0.5) is 0 Å². The van der Waals surface area contributed by atoms with Crippen LogP contribution < -0.4 is 5.49 Å². The minimum atomic E-state index is 1.10. The molecule has 0 radical (unpaired) electrons. The standard InChI is InChI=1S/C10H15N3/c1-11-10-8-5-3-4-6-9(8)12-7-13(10)2/h7H,3-6H2,1-2H3. The number of hydrogen-bond donors (Lipinski definition) is 0. The second-order valence-electron chi connectivity index (χ2n) is 3.54. The predicted octanol–water partition coefficient (Wildman–Crippen LogP) is 0.829. The molecule has 0 fully saturated rings. The first-order valence-corrected chi connectivity index (χ1v) is 4.79. The van der Waals surface area contributed by atoms with E-state index in [4.69, 9.17) is 0 Å². The van der Waals surface area contributed by atoms with Gasteiger partial charge in [-0.25, -0.2) is 4.98 Å². The van der Waals surface area contributed by atoms with Gasteiger partial charge in [0, 0.05) is 25.4 Å². The van der Waals surface area contributed by atoms with Gasteiger partial charge in [-0.3, -0.25) is 4.99 Å². The molecule has 3 nitrogen and oxygen atoms in total. The summed E-state index contributed by atoms with van der Waals surface area (Å²) in [5, 5.41) is 0. The van der Waals surface area contributed by atoms with Gasteiger partial charge >= 0.3 is 0 Å². The lowest BCUT2D eigenvalue weighted by molar-refractivity contribution is 0.629. The first-order chi connectivity index (χ1) is 6.33. The van der Waals surface area contributed by atoms with Gasteiger partial charge in [-0.05, 0) is 25.7 Å². The van der Waals surface area contributed by atoms with Crippen LogP contribution in [0.5, 0.6) is 0 Å². The molecular weight excluding hydrogens is 162 g/mol. The molecular formula is C10H15N3. The maximum absolute atomic E-state index is 4.43. The summed E-state index contributed by atoms with van der Waals surface area (Å²) < 4.78 is 2.00. The Morgan fingerprint density at radius 1 is 1.38 bits per heavy atom. The molecule has 0 amide bonds. The minimum Gasteiger partial charge on any atom is -0.320 e. The molecule has 0 atom stereocenters. The van der Waals surface area contributed by atoms with Gasteiger partial charge in [-0.15, -0.1) is 0 Å². The summed E-state index contributed by atoms with van der Waals surface area (Å²) in [6.45, 7) is 0. The number of nitrogens with zero attached hydrogens (tertiary/aromatic N) is 3. The zero-order valence-electron chi connectivity index (χ0n) is 8.25. The van der Waals surface area contributed by atoms with Crippen molar-refractivity contribution in [3.8, 4) is 0 Å². The normalized spacial score (nSPS) is 17.2. The molecule has 0 aliphatic heterocycles. The molecule has 0 bridgehead atoms. The van der Waals surface area contributed by atoms with Gasteiger partial charge in [0.15, 0.2) is 0 Å². The highest BCUT2D eigenvalue weighted by Gasteiger charge is 2.12. The van der Waals surface area contributed by atoms with Crippen molar-refractivity contribution < 1.29 is 0 Å². The molecule has 1 aliphatic rings. The van der Waals surface area contributed by atoms with Gasteiger partial charge in [-0.1, -0.05) is 0 Å². The topological polar surface area (TPSA) is 30.2 Å². The van der Waals surface area contributed by atoms with Crippen LogP contribution in [0.3, 0.4) is 0 Å². The third kappa shape index (κ3) is 1.39. The van der Waals surface area contributed by atoms with Crippen LogP contribution in [0.25, 0.3) is 0 Å². The highest BCUT2D eigenvalue weighted by Crippen LogP contribution is 2.14. The Labute approximate surface area is 78.2 Å². The highest BCUT2D eigenvalue weighted by atomic mass is 15.0. The van der Waals surface area contributed by atoms with Crippen molar-refractivity contribution >= 4 is 0 Å². The van der Waals surface area contributed by atoms with E-state index in [1.165, 1.54) is 24.1 Å². The second kappa shape index (κ2) is 3.32. The summed E-state index contributed by atoms with van der Waals surface area (Å²) in [4.78, 5) is 8.74. The van der Waals surface area contributed by atoms with E-state index in [2.05, 4.69) is 9.98 Å². The molecule has 0 spiro atoms. The summed E-state index contributed by atoms with van der Waals surface area (Å²) in [5.74, 6) is 0. The lowest BCUT2D eigenvalue weighted by atomic mass is 9.97. The lowest BCUT2D eigenvalue weighted by Crippen LogP contribution is -2.27. The molecule has 2 rings (SSSR count). The molecule has 3 heteroatoms. The van der Waals surface area contributed by atoms with Crippen molar-refractivity contribution in [2.45, 2.75) is 25.7 Å². The number of fused-ring (bicyclic) bond motifs is 1. The van der Waals surface area contributed by atoms with Gasteiger partial charge < -0.3 is 4.57 Å². The molecule has 1 aromatic rings. The van der Waals surface area contributed by atoms with Crippen LogP contribution in [0.1, 0.15) is 24.1 Å². The molecule has 0 saturated heterocycles. The van der Waals surface area contributed by atoms with Crippen LogP contribution in [-0.4, -0.2) is 16.6 Å². The van der Waals surface area contributed by atoms with Gasteiger partial charge in [0.05, 0.1) is 6.33 Å². The molecule has 13 heavy (non-hydrogen) atoms. The van der Waals surface area contributed by atoms with E-state index in [-0.39, 0.29) is 0 Å². The SMILES string of the molecule is CN=c1c2c(ncn1C)CCCC2. The summed E-state index contributed by atoms with van der Waals surface area (Å²) in [6.07, 6.45) is 6.69. The Bertz CT molecular complexity index is 376. The zero-order chi connectivity index (χ0) is 9.26. The Morgan fingerprint density at radius 2 is 2.15 bits per heavy atom. The van der Waals surface area contributed by atoms with Gasteiger partial charge in [0.2, 0.25) is 0 Å². The van der Waals surface area contributed by atoms with Crippen LogP contribution in [0.2, 0.25) is 0 Å². The van der Waals surface area contributed by atoms with E-state index in [0.29, 0.717) is 0 Å². The van der Waals surface area contributed by atoms with Gasteiger partial charge in [-0.2, -0.15) is 0 Å². The summed E-state index contributed by atoms with van der Waals surface area (Å²) in [7, 11) is 3.86. The fraction of sp³-hybridized carbons (Fsp3) is 0.600. The minimum absolute atomic E-state index is 1.10. The molecule has 1 aromatic heterocycles. The number of hydrogen-bond acceptors (Lipinski definition) is 2. The van der Waals surface area contributed by atoms with Crippen LogP contribution in [-0.2, 0) is 19.9 Å². The van der Waals surface area contributed by atoms with E-state index in [1.54, 1.807) is 0 Å². The van der Waals surface area contributed by atoms with Crippen molar-refractivity contribution in [3.63, 3.8) is 0 Å². The third-order valence-corrected chi connectivity index (χ3v) is 2.64. The Kier molecular flexibility index (Phi) is 2.17. The van der Waals surface area contributed by atoms with Gasteiger partial charge in [0.25, 0.3) is 0 Å². The number of aryl methyl sites for hydroxylation is 2. The quantitative estimate of drug-likeness (QED) is 0.577. The fourth-order valence-corrected chi connectivity index (χ4v) is 1.99. The Morgan fingerprint density at radius 3 is 2.92 bits per heavy atom. The van der Waals surface area contributed by atoms with Crippen molar-refractivity contribution in [1.82, 2.24) is 9.55 Å². The van der Waals surface area contributed by atoms with E-state index >= 15 is 0 Å². The van der Waals surface area contributed by atoms with E-state index in [0.717, 1.165) is 18.3 Å². The summed E-state index contributed by atoms with van der Waals surface area (Å²) in [6, 6.07) is 0. The molecule has 0 aromatic carbocycles. The van der Waals surface area contributed by atoms with Crippen molar-refractivity contribution in [3.05, 3.63) is 23.1 Å². The van der Waals surface area contributed by atoms with Crippen molar-refractivity contribution in [2.24, 2.45) is 12.0 Å². The predicted molar refractivity (Wildman–Crippen MR) is 51.3 cm³/mol. The van der Waals surface area contributed by atoms with Crippen LogP contribution in [0.15, 0.2) is 11.3 Å². The summed E-state index contributed by atoms with van der Waals surface area (Å²) in [5.41, 5.74) is 3.72. The monoisotopic (exact) mass is 177 g/mol. The largest absolute Gasteiger partial charge is 0.320 e. The van der Waals surface area contributed by atoms with Gasteiger partial charge in [0.1, 0.15) is 5.49 Å². The van der Waals surface area contributed by atoms with Crippen LogP contribution >= 0.6 is 0 Å². The first kappa shape index (κ1) is 8.48. The maximum atomic E-state index is 4.43. The number of rotatable bonds is 0. The lowest BCUT2D eigenvalue weighted by Gasteiger charge is -2.15. The Hall–Kier alpha value is -1.12. The van der Waals surface area contributed by atoms with E-state index in [1.807, 2.05) is 25.0 Å². The first-order valence-electron chi connectivity index (χ1n) is 4.79. The molecule has 70 valence electrons. The summed E-state index contributed by atoms with van der Waals surface area (Å²) >= 11 is 0. The third-order valence-electron chi connectivity index (χ3n) is 2.64. The zero-order valence-corrected chi connectivity index (χ0v) is 8.25. The molecule has 0 N–H and O–H groups in total. The average Bonchev–Trinajstić information content (AvgIpc) is 2.18. The molecule has 0 unspecified atom stereocenters. The number of aromatic nitrogens is 2. The van der Waals surface area contributed by atoms with Crippen LogP contribution in [0, 0.1) is 0 Å². The van der Waals surface area contributed by atoms with E-state index in [9.17, 15) is 0 Å². The van der Waals surface area contributed by atoms with Crippen molar-refractivity contribution in [1.29, 1.82) is 0 Å². The average molecular weight is 177 g/mol. The molecule has 1 aliphatic carbocycles. The molecule has 1 heterocycles. The Balaban J connectivity index is 2.66. The molecule has 0 saturated carbocycles. The van der Waals surface area contributed by atoms with E-state index < -0.39 is 0 Å². The highest BCUT2D eigenvalue weighted by molar-refractivity contribution is 5.18. The maximum Gasteiger partial charge on any atom is 0.133 e. The smallest absolute Gasteiger partial charge is 0.133 e. The van der Waals surface area contributed by atoms with Crippen molar-refractivity contribution in [2.75, 3.05) is 7.05 Å². The second-order valence-corrected chi connectivity index (χ2v) is 3.54. The fourth-order valence-electron chi connectivity index (χ4n) is 1.99.